The van der Waals surface area contributed by atoms with Crippen molar-refractivity contribution < 1.29 is 4.74 Å². The fourth-order valence-corrected chi connectivity index (χ4v) is 4.40. The summed E-state index contributed by atoms with van der Waals surface area (Å²) in [7, 11) is 0. The summed E-state index contributed by atoms with van der Waals surface area (Å²) in [5, 5.41) is 1.03. The smallest absolute Gasteiger partial charge is 0.227 e. The molecule has 0 fully saturated rings. The average molecular weight is 392 g/mol. The van der Waals surface area contributed by atoms with Crippen LogP contribution in [0.3, 0.4) is 0 Å². The second-order valence-electron chi connectivity index (χ2n) is 6.76. The molecule has 3 aromatic rings. The van der Waals surface area contributed by atoms with Gasteiger partial charge >= 0.3 is 0 Å². The van der Waals surface area contributed by atoms with Gasteiger partial charge in [0.05, 0.1) is 5.56 Å². The van der Waals surface area contributed by atoms with Crippen molar-refractivity contribution in [1.82, 2.24) is 14.9 Å². The Balaban J connectivity index is 1.67. The van der Waals surface area contributed by atoms with E-state index in [-0.39, 0.29) is 0 Å². The number of nitrogens with zero attached hydrogens (tertiary/aromatic N) is 3. The zero-order valence-electron chi connectivity index (χ0n) is 16.4. The zero-order chi connectivity index (χ0) is 19.3. The van der Waals surface area contributed by atoms with Crippen LogP contribution in [0.4, 0.5) is 0 Å². The summed E-state index contributed by atoms with van der Waals surface area (Å²) < 4.78 is 6.18. The van der Waals surface area contributed by atoms with E-state index in [0.29, 0.717) is 5.88 Å². The fraction of sp³-hybridized carbons (Fsp3) is 0.304. The van der Waals surface area contributed by atoms with Gasteiger partial charge in [-0.3, -0.25) is 0 Å². The molecule has 144 valence electrons. The van der Waals surface area contributed by atoms with Crippen LogP contribution in [0, 0.1) is 0 Å². The molecule has 28 heavy (non-hydrogen) atoms. The highest BCUT2D eigenvalue weighted by molar-refractivity contribution is 7.99. The van der Waals surface area contributed by atoms with Gasteiger partial charge in [-0.2, -0.15) is 4.98 Å². The average Bonchev–Trinajstić information content (AvgIpc) is 2.75. The van der Waals surface area contributed by atoms with Gasteiger partial charge in [-0.15, -0.1) is 11.8 Å². The van der Waals surface area contributed by atoms with Gasteiger partial charge in [-0.05, 0) is 24.7 Å². The Kier molecular flexibility index (Phi) is 5.93. The predicted octanol–water partition coefficient (Wildman–Crippen LogP) is 5.27. The van der Waals surface area contributed by atoms with Gasteiger partial charge in [0.25, 0.3) is 0 Å². The Bertz CT molecular complexity index is 942. The first-order valence-electron chi connectivity index (χ1n) is 9.85. The number of fused-ring (bicyclic) bond motifs is 2. The van der Waals surface area contributed by atoms with Gasteiger partial charge in [0.2, 0.25) is 5.88 Å². The molecule has 0 aliphatic carbocycles. The van der Waals surface area contributed by atoms with Gasteiger partial charge in [0.15, 0.2) is 5.82 Å². The maximum absolute atomic E-state index is 6.18. The van der Waals surface area contributed by atoms with Crippen LogP contribution in [0.5, 0.6) is 11.6 Å². The highest BCUT2D eigenvalue weighted by Crippen LogP contribution is 2.40. The monoisotopic (exact) mass is 391 g/mol. The number of para-hydroxylation sites is 1. The topological polar surface area (TPSA) is 38.2 Å². The van der Waals surface area contributed by atoms with E-state index in [9.17, 15) is 0 Å². The van der Waals surface area contributed by atoms with E-state index in [1.165, 1.54) is 5.56 Å². The molecule has 0 amide bonds. The van der Waals surface area contributed by atoms with Crippen molar-refractivity contribution in [3.05, 3.63) is 65.7 Å². The standard InChI is InChI=1S/C23H25N3OS/c1-3-26(4-2)14-15-28-23-19-16-18-12-8-9-13-20(18)27-22(19)24-21(25-23)17-10-6-5-7-11-17/h5-13H,3-4,14-16H2,1-2H3. The maximum atomic E-state index is 6.18. The van der Waals surface area contributed by atoms with Crippen molar-refractivity contribution in [3.63, 3.8) is 0 Å². The molecule has 0 unspecified atom stereocenters. The van der Waals surface area contributed by atoms with E-state index < -0.39 is 0 Å². The molecule has 1 aromatic heterocycles. The molecule has 0 spiro atoms. The molecule has 5 heteroatoms. The summed E-state index contributed by atoms with van der Waals surface area (Å²) in [4.78, 5) is 12.1. The predicted molar refractivity (Wildman–Crippen MR) is 115 cm³/mol. The van der Waals surface area contributed by atoms with Crippen LogP contribution in [-0.4, -0.2) is 40.3 Å². The minimum Gasteiger partial charge on any atom is -0.438 e. The molecule has 2 heterocycles. The molecule has 4 nitrogen and oxygen atoms in total. The van der Waals surface area contributed by atoms with Crippen molar-refractivity contribution in [3.8, 4) is 23.0 Å². The lowest BCUT2D eigenvalue weighted by Gasteiger charge is -2.22. The Morgan fingerprint density at radius 2 is 1.71 bits per heavy atom. The molecule has 2 aromatic carbocycles. The van der Waals surface area contributed by atoms with Crippen LogP contribution in [0.1, 0.15) is 25.0 Å². The van der Waals surface area contributed by atoms with Crippen LogP contribution in [0.2, 0.25) is 0 Å². The fourth-order valence-electron chi connectivity index (χ4n) is 3.37. The van der Waals surface area contributed by atoms with Crippen LogP contribution >= 0.6 is 11.8 Å². The minimum absolute atomic E-state index is 0.692. The van der Waals surface area contributed by atoms with E-state index >= 15 is 0 Å². The summed E-state index contributed by atoms with van der Waals surface area (Å²) >= 11 is 1.80. The molecule has 4 rings (SSSR count). The number of aromatic nitrogens is 2. The molecular weight excluding hydrogens is 366 g/mol. The van der Waals surface area contributed by atoms with Gasteiger partial charge in [0, 0.05) is 24.3 Å². The Labute approximate surface area is 171 Å². The summed E-state index contributed by atoms with van der Waals surface area (Å²) in [6.45, 7) is 7.61. The first-order valence-corrected chi connectivity index (χ1v) is 10.8. The van der Waals surface area contributed by atoms with E-state index in [1.807, 2.05) is 42.5 Å². The first kappa shape index (κ1) is 19.0. The van der Waals surface area contributed by atoms with E-state index in [1.54, 1.807) is 11.8 Å². The summed E-state index contributed by atoms with van der Waals surface area (Å²) in [6.07, 6.45) is 0.814. The molecule has 0 N–H and O–H groups in total. The number of thioether (sulfide) groups is 1. The van der Waals surface area contributed by atoms with Crippen molar-refractivity contribution in [2.75, 3.05) is 25.4 Å². The quantitative estimate of drug-likeness (QED) is 0.317. The van der Waals surface area contributed by atoms with Gasteiger partial charge < -0.3 is 9.64 Å². The van der Waals surface area contributed by atoms with Crippen molar-refractivity contribution in [2.45, 2.75) is 25.3 Å². The lowest BCUT2D eigenvalue weighted by Crippen LogP contribution is -2.25. The molecule has 1 aliphatic rings. The van der Waals surface area contributed by atoms with E-state index in [2.05, 4.69) is 30.9 Å². The number of ether oxygens (including phenoxy) is 1. The Hall–Kier alpha value is -2.37. The van der Waals surface area contributed by atoms with Crippen LogP contribution in [0.25, 0.3) is 11.4 Å². The molecule has 0 atom stereocenters. The SMILES string of the molecule is CCN(CC)CCSc1nc(-c2ccccc2)nc2c1Cc1ccccc1O2. The number of hydrogen-bond donors (Lipinski definition) is 0. The molecule has 1 aliphatic heterocycles. The molecule has 0 radical (unpaired) electrons. The molecule has 0 saturated heterocycles. The number of rotatable bonds is 7. The molecular formula is C23H25N3OS. The van der Waals surface area contributed by atoms with Crippen LogP contribution < -0.4 is 4.74 Å². The maximum Gasteiger partial charge on any atom is 0.227 e. The van der Waals surface area contributed by atoms with Gasteiger partial charge in [0.1, 0.15) is 10.8 Å². The van der Waals surface area contributed by atoms with Crippen molar-refractivity contribution in [2.24, 2.45) is 0 Å². The highest BCUT2D eigenvalue weighted by Gasteiger charge is 2.24. The second-order valence-corrected chi connectivity index (χ2v) is 7.85. The highest BCUT2D eigenvalue weighted by atomic mass is 32.2. The molecule has 0 saturated carbocycles. The summed E-state index contributed by atoms with van der Waals surface area (Å²) in [5.74, 6) is 3.31. The third-order valence-corrected chi connectivity index (χ3v) is 6.05. The lowest BCUT2D eigenvalue weighted by molar-refractivity contribution is 0.324. The summed E-state index contributed by atoms with van der Waals surface area (Å²) in [5.41, 5.74) is 3.30. The third-order valence-electron chi connectivity index (χ3n) is 5.05. The normalized spacial score (nSPS) is 12.4. The van der Waals surface area contributed by atoms with Gasteiger partial charge in [-0.25, -0.2) is 4.98 Å². The van der Waals surface area contributed by atoms with Crippen LogP contribution in [0.15, 0.2) is 59.6 Å². The Morgan fingerprint density at radius 1 is 0.964 bits per heavy atom. The molecule has 0 bridgehead atoms. The zero-order valence-corrected chi connectivity index (χ0v) is 17.2. The third kappa shape index (κ3) is 4.05. The largest absolute Gasteiger partial charge is 0.438 e. The first-order chi connectivity index (χ1) is 13.8. The Morgan fingerprint density at radius 3 is 2.50 bits per heavy atom. The van der Waals surface area contributed by atoms with E-state index in [4.69, 9.17) is 14.7 Å². The van der Waals surface area contributed by atoms with Crippen LogP contribution in [-0.2, 0) is 6.42 Å². The summed E-state index contributed by atoms with van der Waals surface area (Å²) in [6, 6.07) is 18.3. The second kappa shape index (κ2) is 8.76. The lowest BCUT2D eigenvalue weighted by atomic mass is 10.0. The number of benzene rings is 2. The van der Waals surface area contributed by atoms with Crippen molar-refractivity contribution >= 4 is 11.8 Å². The van der Waals surface area contributed by atoms with E-state index in [0.717, 1.165) is 59.5 Å². The van der Waals surface area contributed by atoms with Crippen molar-refractivity contribution in [1.29, 1.82) is 0 Å². The number of hydrogen-bond acceptors (Lipinski definition) is 5. The minimum atomic E-state index is 0.692. The van der Waals surface area contributed by atoms with Gasteiger partial charge in [-0.1, -0.05) is 62.4 Å².